The Bertz CT molecular complexity index is 472. The highest BCUT2D eigenvalue weighted by molar-refractivity contribution is 5.83. The molecule has 1 fully saturated rings. The predicted octanol–water partition coefficient (Wildman–Crippen LogP) is 0.812. The number of nitrogens with one attached hydrogen (secondary N) is 1. The van der Waals surface area contributed by atoms with Gasteiger partial charge < -0.3 is 19.7 Å². The van der Waals surface area contributed by atoms with Crippen LogP contribution in [0, 0.1) is 0 Å². The fourth-order valence-electron chi connectivity index (χ4n) is 2.19. The molecule has 114 valence electrons. The number of ether oxygens (including phenoxy) is 2. The molecule has 1 aliphatic heterocycles. The number of rotatable bonds is 4. The van der Waals surface area contributed by atoms with Gasteiger partial charge in [-0.25, -0.2) is 9.59 Å². The summed E-state index contributed by atoms with van der Waals surface area (Å²) in [6, 6.07) is 8.58. The highest BCUT2D eigenvalue weighted by atomic mass is 16.5. The molecule has 0 aromatic heterocycles. The predicted molar refractivity (Wildman–Crippen MR) is 76.9 cm³/mol. The van der Waals surface area contributed by atoms with Crippen LogP contribution in [0.3, 0.4) is 0 Å². The maximum absolute atomic E-state index is 12.2. The van der Waals surface area contributed by atoms with Gasteiger partial charge in [0.05, 0.1) is 20.3 Å². The number of hydrogen-bond donors (Lipinski definition) is 1. The van der Waals surface area contributed by atoms with Crippen LogP contribution >= 0.6 is 0 Å². The van der Waals surface area contributed by atoms with Gasteiger partial charge in [0.2, 0.25) is 0 Å². The second kappa shape index (κ2) is 7.64. The van der Waals surface area contributed by atoms with Crippen LogP contribution in [-0.2, 0) is 20.7 Å². The van der Waals surface area contributed by atoms with E-state index in [0.717, 1.165) is 5.56 Å². The van der Waals surface area contributed by atoms with Crippen molar-refractivity contribution in [1.82, 2.24) is 10.2 Å². The summed E-state index contributed by atoms with van der Waals surface area (Å²) in [7, 11) is 1.32. The summed E-state index contributed by atoms with van der Waals surface area (Å²) in [5.41, 5.74) is 0.968. The Labute approximate surface area is 124 Å². The molecule has 0 aliphatic carbocycles. The standard InChI is InChI=1S/C15H20N2O4/c1-20-14(18)13(11-12-5-3-2-4-6-12)16-15(19)17-7-9-21-10-8-17/h2-6,13H,7-11H2,1H3,(H,16,19)/t13-/m0/s1. The minimum Gasteiger partial charge on any atom is -0.467 e. The summed E-state index contributed by atoms with van der Waals surface area (Å²) in [5, 5.41) is 2.74. The SMILES string of the molecule is COC(=O)[C@H](Cc1ccccc1)NC(=O)N1CCOCC1. The van der Waals surface area contributed by atoms with Gasteiger partial charge in [-0.1, -0.05) is 30.3 Å². The lowest BCUT2D eigenvalue weighted by molar-refractivity contribution is -0.142. The van der Waals surface area contributed by atoms with Crippen LogP contribution in [0.2, 0.25) is 0 Å². The van der Waals surface area contributed by atoms with E-state index in [1.807, 2.05) is 30.3 Å². The number of nitrogens with zero attached hydrogens (tertiary/aromatic N) is 1. The first-order chi connectivity index (χ1) is 10.2. The highest BCUT2D eigenvalue weighted by Gasteiger charge is 2.25. The summed E-state index contributed by atoms with van der Waals surface area (Å²) in [6.45, 7) is 2.11. The van der Waals surface area contributed by atoms with E-state index in [0.29, 0.717) is 32.7 Å². The summed E-state index contributed by atoms with van der Waals surface area (Å²) in [4.78, 5) is 25.7. The fraction of sp³-hybridized carbons (Fsp3) is 0.467. The van der Waals surface area contributed by atoms with Crippen molar-refractivity contribution in [3.05, 3.63) is 35.9 Å². The zero-order chi connectivity index (χ0) is 15.1. The van der Waals surface area contributed by atoms with E-state index in [1.54, 1.807) is 4.90 Å². The van der Waals surface area contributed by atoms with Crippen LogP contribution in [0.1, 0.15) is 5.56 Å². The summed E-state index contributed by atoms with van der Waals surface area (Å²) < 4.78 is 9.98. The van der Waals surface area contributed by atoms with Crippen LogP contribution < -0.4 is 5.32 Å². The molecule has 0 radical (unpaired) electrons. The van der Waals surface area contributed by atoms with Crippen molar-refractivity contribution < 1.29 is 19.1 Å². The summed E-state index contributed by atoms with van der Waals surface area (Å²) in [6.07, 6.45) is 0.406. The molecule has 1 heterocycles. The van der Waals surface area contributed by atoms with Crippen molar-refractivity contribution in [3.8, 4) is 0 Å². The first-order valence-electron chi connectivity index (χ1n) is 6.95. The molecular formula is C15H20N2O4. The summed E-state index contributed by atoms with van der Waals surface area (Å²) in [5.74, 6) is -0.444. The number of carbonyl (C=O) groups is 2. The van der Waals surface area contributed by atoms with Gasteiger partial charge in [-0.3, -0.25) is 0 Å². The lowest BCUT2D eigenvalue weighted by Crippen LogP contribution is -2.52. The largest absolute Gasteiger partial charge is 0.467 e. The number of methoxy groups -OCH3 is 1. The molecule has 0 bridgehead atoms. The van der Waals surface area contributed by atoms with E-state index in [4.69, 9.17) is 9.47 Å². The van der Waals surface area contributed by atoms with Crippen molar-refractivity contribution >= 4 is 12.0 Å². The monoisotopic (exact) mass is 292 g/mol. The quantitative estimate of drug-likeness (QED) is 0.834. The molecule has 1 saturated heterocycles. The summed E-state index contributed by atoms with van der Waals surface area (Å²) >= 11 is 0. The second-order valence-electron chi connectivity index (χ2n) is 4.81. The van der Waals surface area contributed by atoms with Crippen LogP contribution in [0.25, 0.3) is 0 Å². The average Bonchev–Trinajstić information content (AvgIpc) is 2.55. The van der Waals surface area contributed by atoms with Gasteiger partial charge in [0.15, 0.2) is 0 Å². The Kier molecular flexibility index (Phi) is 5.57. The van der Waals surface area contributed by atoms with Crippen LogP contribution in [0.5, 0.6) is 0 Å². The Morgan fingerprint density at radius 2 is 1.95 bits per heavy atom. The number of hydrogen-bond acceptors (Lipinski definition) is 4. The number of benzene rings is 1. The van der Waals surface area contributed by atoms with Gasteiger partial charge in [0.25, 0.3) is 0 Å². The van der Waals surface area contributed by atoms with Crippen molar-refractivity contribution in [3.63, 3.8) is 0 Å². The molecule has 21 heavy (non-hydrogen) atoms. The van der Waals surface area contributed by atoms with Crippen LogP contribution in [-0.4, -0.2) is 56.4 Å². The Morgan fingerprint density at radius 1 is 1.29 bits per heavy atom. The molecule has 6 heteroatoms. The topological polar surface area (TPSA) is 67.9 Å². The van der Waals surface area contributed by atoms with Crippen molar-refractivity contribution in [1.29, 1.82) is 0 Å². The van der Waals surface area contributed by atoms with Gasteiger partial charge in [-0.15, -0.1) is 0 Å². The number of amides is 2. The molecule has 1 atom stereocenters. The lowest BCUT2D eigenvalue weighted by Gasteiger charge is -2.28. The molecule has 1 aromatic rings. The maximum atomic E-state index is 12.2. The number of urea groups is 1. The van der Waals surface area contributed by atoms with Gasteiger partial charge in [0.1, 0.15) is 6.04 Å². The molecule has 0 spiro atoms. The first kappa shape index (κ1) is 15.3. The molecule has 1 aromatic carbocycles. The Morgan fingerprint density at radius 3 is 2.57 bits per heavy atom. The fourth-order valence-corrected chi connectivity index (χ4v) is 2.19. The van der Waals surface area contributed by atoms with Gasteiger partial charge in [-0.05, 0) is 5.56 Å². The third kappa shape index (κ3) is 4.46. The van der Waals surface area contributed by atoms with Crippen LogP contribution in [0.4, 0.5) is 4.79 Å². The minimum atomic E-state index is -0.687. The number of morpholine rings is 1. The molecule has 6 nitrogen and oxygen atoms in total. The first-order valence-corrected chi connectivity index (χ1v) is 6.95. The van der Waals surface area contributed by atoms with Crippen molar-refractivity contribution in [2.45, 2.75) is 12.5 Å². The molecule has 2 amide bonds. The Balaban J connectivity index is 1.99. The van der Waals surface area contributed by atoms with E-state index in [2.05, 4.69) is 5.32 Å². The smallest absolute Gasteiger partial charge is 0.328 e. The van der Waals surface area contributed by atoms with Crippen molar-refractivity contribution in [2.75, 3.05) is 33.4 Å². The third-order valence-corrected chi connectivity index (χ3v) is 3.36. The molecule has 1 aliphatic rings. The molecule has 1 N–H and O–H groups in total. The normalized spacial score (nSPS) is 16.1. The minimum absolute atomic E-state index is 0.260. The van der Waals surface area contributed by atoms with E-state index in [1.165, 1.54) is 7.11 Å². The zero-order valence-corrected chi connectivity index (χ0v) is 12.1. The van der Waals surface area contributed by atoms with E-state index in [9.17, 15) is 9.59 Å². The van der Waals surface area contributed by atoms with E-state index < -0.39 is 12.0 Å². The average molecular weight is 292 g/mol. The highest BCUT2D eigenvalue weighted by Crippen LogP contribution is 2.06. The third-order valence-electron chi connectivity index (χ3n) is 3.36. The van der Waals surface area contributed by atoms with Gasteiger partial charge >= 0.3 is 12.0 Å². The second-order valence-corrected chi connectivity index (χ2v) is 4.81. The maximum Gasteiger partial charge on any atom is 0.328 e. The van der Waals surface area contributed by atoms with E-state index in [-0.39, 0.29) is 6.03 Å². The van der Waals surface area contributed by atoms with Crippen molar-refractivity contribution in [2.24, 2.45) is 0 Å². The molecule has 2 rings (SSSR count). The van der Waals surface area contributed by atoms with Gasteiger partial charge in [0, 0.05) is 19.5 Å². The van der Waals surface area contributed by atoms with E-state index >= 15 is 0 Å². The Hall–Kier alpha value is -2.08. The zero-order valence-electron chi connectivity index (χ0n) is 12.1. The lowest BCUT2D eigenvalue weighted by atomic mass is 10.1. The molecule has 0 saturated carbocycles. The molecule has 0 unspecified atom stereocenters. The van der Waals surface area contributed by atoms with Crippen LogP contribution in [0.15, 0.2) is 30.3 Å². The molecular weight excluding hydrogens is 272 g/mol. The number of esters is 1. The number of carbonyl (C=O) groups excluding carboxylic acids is 2. The van der Waals surface area contributed by atoms with Gasteiger partial charge in [-0.2, -0.15) is 0 Å².